The second kappa shape index (κ2) is 5.71. The lowest BCUT2D eigenvalue weighted by molar-refractivity contribution is 0.195. The van der Waals surface area contributed by atoms with Crippen LogP contribution in [0.5, 0.6) is 17.2 Å². The average molecular weight is 262 g/mol. The highest BCUT2D eigenvalue weighted by Crippen LogP contribution is 2.30. The van der Waals surface area contributed by atoms with E-state index in [1.165, 1.54) is 18.2 Å². The van der Waals surface area contributed by atoms with Crippen molar-refractivity contribution in [3.63, 3.8) is 0 Å². The van der Waals surface area contributed by atoms with E-state index in [0.29, 0.717) is 17.1 Å². The van der Waals surface area contributed by atoms with Crippen molar-refractivity contribution in [1.29, 1.82) is 0 Å². The lowest BCUT2D eigenvalue weighted by Gasteiger charge is -2.13. The summed E-state index contributed by atoms with van der Waals surface area (Å²) in [7, 11) is 1.58. The van der Waals surface area contributed by atoms with Crippen LogP contribution in [0.3, 0.4) is 0 Å². The molecule has 2 aromatic carbocycles. The Balaban J connectivity index is 2.26. The summed E-state index contributed by atoms with van der Waals surface area (Å²) in [6.45, 7) is 1.57. The van der Waals surface area contributed by atoms with Crippen molar-refractivity contribution in [3.8, 4) is 17.2 Å². The van der Waals surface area contributed by atoms with E-state index < -0.39 is 11.9 Å². The molecule has 100 valence electrons. The van der Waals surface area contributed by atoms with E-state index in [1.807, 2.05) is 0 Å². The molecule has 0 aliphatic rings. The molecule has 0 spiro atoms. The first-order valence-electron chi connectivity index (χ1n) is 5.89. The number of rotatable bonds is 4. The molecule has 0 saturated carbocycles. The summed E-state index contributed by atoms with van der Waals surface area (Å²) in [6, 6.07) is 11.1. The maximum Gasteiger partial charge on any atom is 0.133 e. The summed E-state index contributed by atoms with van der Waals surface area (Å²) in [5.41, 5.74) is 0.413. The van der Waals surface area contributed by atoms with Crippen LogP contribution in [0.2, 0.25) is 0 Å². The topological polar surface area (TPSA) is 38.7 Å². The van der Waals surface area contributed by atoms with Crippen molar-refractivity contribution in [2.75, 3.05) is 7.11 Å². The second-order valence-corrected chi connectivity index (χ2v) is 4.14. The Morgan fingerprint density at radius 3 is 2.26 bits per heavy atom. The Kier molecular flexibility index (Phi) is 4.02. The summed E-state index contributed by atoms with van der Waals surface area (Å²) in [5.74, 6) is 1.34. The van der Waals surface area contributed by atoms with Crippen LogP contribution in [-0.2, 0) is 0 Å². The van der Waals surface area contributed by atoms with E-state index in [1.54, 1.807) is 38.3 Å². The van der Waals surface area contributed by atoms with Gasteiger partial charge in [-0.3, -0.25) is 0 Å². The Morgan fingerprint density at radius 2 is 1.68 bits per heavy atom. The van der Waals surface area contributed by atoms with Gasteiger partial charge in [-0.1, -0.05) is 0 Å². The molecule has 0 aliphatic carbocycles. The van der Waals surface area contributed by atoms with Gasteiger partial charge in [0, 0.05) is 5.56 Å². The molecule has 0 aliphatic heterocycles. The van der Waals surface area contributed by atoms with Gasteiger partial charge < -0.3 is 14.6 Å². The number of aliphatic hydroxyl groups is 1. The first-order chi connectivity index (χ1) is 9.10. The third-order valence-electron chi connectivity index (χ3n) is 2.71. The van der Waals surface area contributed by atoms with Crippen LogP contribution in [0, 0.1) is 5.82 Å². The van der Waals surface area contributed by atoms with Gasteiger partial charge in [0.15, 0.2) is 0 Å². The lowest BCUT2D eigenvalue weighted by Crippen LogP contribution is -1.97. The van der Waals surface area contributed by atoms with E-state index in [9.17, 15) is 9.50 Å². The van der Waals surface area contributed by atoms with Crippen LogP contribution in [-0.4, -0.2) is 12.2 Å². The molecule has 2 aromatic rings. The maximum absolute atomic E-state index is 13.2. The van der Waals surface area contributed by atoms with E-state index in [-0.39, 0.29) is 0 Å². The van der Waals surface area contributed by atoms with Gasteiger partial charge in [0.05, 0.1) is 13.2 Å². The maximum atomic E-state index is 13.2. The number of ether oxygens (including phenoxy) is 2. The highest BCUT2D eigenvalue weighted by Gasteiger charge is 2.11. The van der Waals surface area contributed by atoms with Gasteiger partial charge in [0.25, 0.3) is 0 Å². The zero-order valence-electron chi connectivity index (χ0n) is 10.8. The molecule has 0 heterocycles. The van der Waals surface area contributed by atoms with Crippen LogP contribution in [0.25, 0.3) is 0 Å². The van der Waals surface area contributed by atoms with Crippen molar-refractivity contribution in [2.24, 2.45) is 0 Å². The summed E-state index contributed by atoms with van der Waals surface area (Å²) in [5, 5.41) is 9.62. The average Bonchev–Trinajstić information content (AvgIpc) is 2.41. The molecule has 1 N–H and O–H groups in total. The molecule has 4 heteroatoms. The molecule has 0 saturated heterocycles. The summed E-state index contributed by atoms with van der Waals surface area (Å²) < 4.78 is 23.9. The highest BCUT2D eigenvalue weighted by molar-refractivity contribution is 5.40. The minimum atomic E-state index is -0.802. The van der Waals surface area contributed by atoms with Gasteiger partial charge in [-0.2, -0.15) is 0 Å². The lowest BCUT2D eigenvalue weighted by atomic mass is 10.1. The zero-order chi connectivity index (χ0) is 13.8. The monoisotopic (exact) mass is 262 g/mol. The summed E-state index contributed by atoms with van der Waals surface area (Å²) in [4.78, 5) is 0. The van der Waals surface area contributed by atoms with Crippen molar-refractivity contribution in [2.45, 2.75) is 13.0 Å². The molecule has 3 nitrogen and oxygen atoms in total. The van der Waals surface area contributed by atoms with E-state index in [4.69, 9.17) is 9.47 Å². The largest absolute Gasteiger partial charge is 0.497 e. The van der Waals surface area contributed by atoms with Gasteiger partial charge in [-0.15, -0.1) is 0 Å². The van der Waals surface area contributed by atoms with Crippen LogP contribution < -0.4 is 9.47 Å². The van der Waals surface area contributed by atoms with Gasteiger partial charge in [0.2, 0.25) is 0 Å². The van der Waals surface area contributed by atoms with Crippen molar-refractivity contribution < 1.29 is 19.0 Å². The van der Waals surface area contributed by atoms with E-state index in [0.717, 1.165) is 5.75 Å². The molecule has 0 amide bonds. The molecule has 0 fully saturated rings. The number of benzene rings is 2. The van der Waals surface area contributed by atoms with Crippen molar-refractivity contribution in [3.05, 3.63) is 53.8 Å². The molecule has 2 rings (SSSR count). The van der Waals surface area contributed by atoms with Crippen LogP contribution in [0.1, 0.15) is 18.6 Å². The first kappa shape index (κ1) is 13.4. The Labute approximate surface area is 111 Å². The van der Waals surface area contributed by atoms with Crippen molar-refractivity contribution >= 4 is 0 Å². The summed E-state index contributed by atoms with van der Waals surface area (Å²) in [6.07, 6.45) is -0.802. The summed E-state index contributed by atoms with van der Waals surface area (Å²) >= 11 is 0. The molecule has 0 aromatic heterocycles. The second-order valence-electron chi connectivity index (χ2n) is 4.14. The minimum absolute atomic E-state index is 0.405. The quantitative estimate of drug-likeness (QED) is 0.913. The fourth-order valence-corrected chi connectivity index (χ4v) is 1.71. The van der Waals surface area contributed by atoms with E-state index in [2.05, 4.69) is 0 Å². The smallest absolute Gasteiger partial charge is 0.133 e. The molecule has 0 radical (unpaired) electrons. The van der Waals surface area contributed by atoms with Gasteiger partial charge in [-0.25, -0.2) is 4.39 Å². The number of halogens is 1. The van der Waals surface area contributed by atoms with Crippen molar-refractivity contribution in [1.82, 2.24) is 0 Å². The number of aliphatic hydroxyl groups excluding tert-OH is 1. The third kappa shape index (κ3) is 3.23. The zero-order valence-corrected chi connectivity index (χ0v) is 10.8. The van der Waals surface area contributed by atoms with Gasteiger partial charge >= 0.3 is 0 Å². The first-order valence-corrected chi connectivity index (χ1v) is 5.89. The SMILES string of the molecule is COc1ccc(Oc2ccc(F)cc2[C@H](C)O)cc1. The number of hydrogen-bond donors (Lipinski definition) is 1. The molecule has 1 atom stereocenters. The number of methoxy groups -OCH3 is 1. The molecule has 0 unspecified atom stereocenters. The fraction of sp³-hybridized carbons (Fsp3) is 0.200. The Morgan fingerprint density at radius 1 is 1.05 bits per heavy atom. The van der Waals surface area contributed by atoms with E-state index >= 15 is 0 Å². The van der Waals surface area contributed by atoms with Gasteiger partial charge in [0.1, 0.15) is 23.1 Å². The minimum Gasteiger partial charge on any atom is -0.497 e. The van der Waals surface area contributed by atoms with Gasteiger partial charge in [-0.05, 0) is 49.4 Å². The molecule has 0 bridgehead atoms. The molecule has 19 heavy (non-hydrogen) atoms. The Bertz CT molecular complexity index is 550. The Hall–Kier alpha value is -2.07. The van der Waals surface area contributed by atoms with Crippen LogP contribution in [0.15, 0.2) is 42.5 Å². The van der Waals surface area contributed by atoms with Crippen LogP contribution in [0.4, 0.5) is 4.39 Å². The predicted octanol–water partition coefficient (Wildman–Crippen LogP) is 3.68. The standard InChI is InChI=1S/C15H15FO3/c1-10(17)14-9-11(16)3-8-15(14)19-13-6-4-12(18-2)5-7-13/h3-10,17H,1-2H3/t10-/m0/s1. The molecular formula is C15H15FO3. The normalized spacial score (nSPS) is 12.0. The highest BCUT2D eigenvalue weighted by atomic mass is 19.1. The third-order valence-corrected chi connectivity index (χ3v) is 2.71. The van der Waals surface area contributed by atoms with Crippen LogP contribution >= 0.6 is 0 Å². The number of hydrogen-bond acceptors (Lipinski definition) is 3. The molecular weight excluding hydrogens is 247 g/mol. The fourth-order valence-electron chi connectivity index (χ4n) is 1.71. The predicted molar refractivity (Wildman–Crippen MR) is 70.1 cm³/mol.